The highest BCUT2D eigenvalue weighted by molar-refractivity contribution is 9.10. The van der Waals surface area contributed by atoms with Gasteiger partial charge < -0.3 is 10.6 Å². The lowest BCUT2D eigenvalue weighted by Gasteiger charge is -2.07. The van der Waals surface area contributed by atoms with Crippen molar-refractivity contribution < 1.29 is 9.59 Å². The molecule has 108 valence electrons. The number of benzene rings is 2. The normalized spacial score (nSPS) is 10.0. The molecule has 0 heterocycles. The standard InChI is InChI=1S/C16H15BrN2O2/c1-10-9-12(5-8-14(10)17)16(21)19-13-6-3-11(4-7-13)15(20)18-2/h3-9H,1-2H3,(H,18,20)(H,19,21). The van der Waals surface area contributed by atoms with Crippen molar-refractivity contribution in [1.82, 2.24) is 5.32 Å². The summed E-state index contributed by atoms with van der Waals surface area (Å²) in [6.45, 7) is 1.93. The van der Waals surface area contributed by atoms with Gasteiger partial charge >= 0.3 is 0 Å². The van der Waals surface area contributed by atoms with Gasteiger partial charge in [-0.2, -0.15) is 0 Å². The lowest BCUT2D eigenvalue weighted by molar-refractivity contribution is 0.0962. The Morgan fingerprint density at radius 1 is 0.952 bits per heavy atom. The van der Waals surface area contributed by atoms with Gasteiger partial charge in [0.25, 0.3) is 11.8 Å². The minimum atomic E-state index is -0.182. The summed E-state index contributed by atoms with van der Waals surface area (Å²) in [6.07, 6.45) is 0. The van der Waals surface area contributed by atoms with Crippen LogP contribution < -0.4 is 10.6 Å². The van der Waals surface area contributed by atoms with E-state index in [1.165, 1.54) is 0 Å². The smallest absolute Gasteiger partial charge is 0.255 e. The van der Waals surface area contributed by atoms with E-state index >= 15 is 0 Å². The van der Waals surface area contributed by atoms with E-state index in [9.17, 15) is 9.59 Å². The van der Waals surface area contributed by atoms with Crippen molar-refractivity contribution in [2.45, 2.75) is 6.92 Å². The average molecular weight is 347 g/mol. The lowest BCUT2D eigenvalue weighted by Crippen LogP contribution is -2.17. The van der Waals surface area contributed by atoms with Crippen molar-refractivity contribution in [3.63, 3.8) is 0 Å². The fourth-order valence-electron chi connectivity index (χ4n) is 1.84. The third-order valence-corrected chi connectivity index (χ3v) is 3.94. The highest BCUT2D eigenvalue weighted by Crippen LogP contribution is 2.18. The minimum Gasteiger partial charge on any atom is -0.355 e. The van der Waals surface area contributed by atoms with Gasteiger partial charge in [-0.1, -0.05) is 15.9 Å². The first kappa shape index (κ1) is 15.3. The Hall–Kier alpha value is -2.14. The summed E-state index contributed by atoms with van der Waals surface area (Å²) in [5.74, 6) is -0.338. The number of amides is 2. The molecular formula is C16H15BrN2O2. The molecule has 0 bridgehead atoms. The molecule has 0 saturated heterocycles. The molecule has 0 aliphatic rings. The van der Waals surface area contributed by atoms with Crippen molar-refractivity contribution in [2.75, 3.05) is 12.4 Å². The van der Waals surface area contributed by atoms with Gasteiger partial charge in [0.15, 0.2) is 0 Å². The van der Waals surface area contributed by atoms with E-state index in [2.05, 4.69) is 26.6 Å². The van der Waals surface area contributed by atoms with Crippen LogP contribution in [0.2, 0.25) is 0 Å². The quantitative estimate of drug-likeness (QED) is 0.894. The maximum atomic E-state index is 12.1. The summed E-state index contributed by atoms with van der Waals surface area (Å²) < 4.78 is 0.967. The van der Waals surface area contributed by atoms with Crippen molar-refractivity contribution in [3.8, 4) is 0 Å². The second kappa shape index (κ2) is 6.54. The molecule has 0 fully saturated rings. The van der Waals surface area contributed by atoms with Crippen LogP contribution >= 0.6 is 15.9 Å². The van der Waals surface area contributed by atoms with Gasteiger partial charge in [0, 0.05) is 28.3 Å². The van der Waals surface area contributed by atoms with E-state index in [1.807, 2.05) is 19.1 Å². The summed E-state index contributed by atoms with van der Waals surface area (Å²) >= 11 is 3.40. The van der Waals surface area contributed by atoms with Gasteiger partial charge in [0.1, 0.15) is 0 Å². The Kier molecular flexibility index (Phi) is 4.75. The maximum absolute atomic E-state index is 12.1. The molecule has 0 aliphatic carbocycles. The summed E-state index contributed by atoms with van der Waals surface area (Å²) in [4.78, 5) is 23.6. The van der Waals surface area contributed by atoms with Crippen molar-refractivity contribution >= 4 is 33.4 Å². The number of carbonyl (C=O) groups is 2. The minimum absolute atomic E-state index is 0.156. The Balaban J connectivity index is 2.12. The first-order valence-corrected chi connectivity index (χ1v) is 7.20. The van der Waals surface area contributed by atoms with Crippen LogP contribution in [-0.4, -0.2) is 18.9 Å². The van der Waals surface area contributed by atoms with Gasteiger partial charge in [0.2, 0.25) is 0 Å². The van der Waals surface area contributed by atoms with Gasteiger partial charge in [-0.05, 0) is 55.0 Å². The number of hydrogen-bond donors (Lipinski definition) is 2. The zero-order valence-corrected chi connectivity index (χ0v) is 13.3. The Morgan fingerprint density at radius 3 is 2.14 bits per heavy atom. The monoisotopic (exact) mass is 346 g/mol. The molecule has 21 heavy (non-hydrogen) atoms. The van der Waals surface area contributed by atoms with Crippen molar-refractivity contribution in [1.29, 1.82) is 0 Å². The van der Waals surface area contributed by atoms with Crippen LogP contribution in [0, 0.1) is 6.92 Å². The molecule has 4 nitrogen and oxygen atoms in total. The fourth-order valence-corrected chi connectivity index (χ4v) is 2.09. The molecule has 0 aliphatic heterocycles. The van der Waals surface area contributed by atoms with E-state index in [0.29, 0.717) is 16.8 Å². The largest absolute Gasteiger partial charge is 0.355 e. The second-order valence-electron chi connectivity index (χ2n) is 4.57. The molecule has 5 heteroatoms. The van der Waals surface area contributed by atoms with E-state index in [4.69, 9.17) is 0 Å². The predicted molar refractivity (Wildman–Crippen MR) is 86.7 cm³/mol. The summed E-state index contributed by atoms with van der Waals surface area (Å²) in [6, 6.07) is 12.2. The Bertz CT molecular complexity index is 681. The number of halogens is 1. The van der Waals surface area contributed by atoms with Crippen LogP contribution in [-0.2, 0) is 0 Å². The van der Waals surface area contributed by atoms with Gasteiger partial charge in [-0.3, -0.25) is 9.59 Å². The van der Waals surface area contributed by atoms with Gasteiger partial charge in [-0.15, -0.1) is 0 Å². The first-order chi connectivity index (χ1) is 10.0. The van der Waals surface area contributed by atoms with E-state index in [0.717, 1.165) is 10.0 Å². The van der Waals surface area contributed by atoms with Gasteiger partial charge in [-0.25, -0.2) is 0 Å². The first-order valence-electron chi connectivity index (χ1n) is 6.41. The van der Waals surface area contributed by atoms with Crippen LogP contribution in [0.5, 0.6) is 0 Å². The molecular weight excluding hydrogens is 332 g/mol. The number of nitrogens with one attached hydrogen (secondary N) is 2. The van der Waals surface area contributed by atoms with Crippen LogP contribution in [0.1, 0.15) is 26.3 Å². The SMILES string of the molecule is CNC(=O)c1ccc(NC(=O)c2ccc(Br)c(C)c2)cc1. The van der Waals surface area contributed by atoms with E-state index < -0.39 is 0 Å². The molecule has 2 aromatic carbocycles. The second-order valence-corrected chi connectivity index (χ2v) is 5.43. The third-order valence-electron chi connectivity index (χ3n) is 3.05. The molecule has 2 rings (SSSR count). The molecule has 2 aromatic rings. The van der Waals surface area contributed by atoms with E-state index in [-0.39, 0.29) is 11.8 Å². The summed E-state index contributed by atoms with van der Waals surface area (Å²) in [5.41, 5.74) is 2.78. The molecule has 0 radical (unpaired) electrons. The molecule has 2 N–H and O–H groups in total. The lowest BCUT2D eigenvalue weighted by atomic mass is 10.1. The van der Waals surface area contributed by atoms with Crippen molar-refractivity contribution in [3.05, 3.63) is 63.6 Å². The number of carbonyl (C=O) groups excluding carboxylic acids is 2. The summed E-state index contributed by atoms with van der Waals surface area (Å²) in [7, 11) is 1.58. The van der Waals surface area contributed by atoms with E-state index in [1.54, 1.807) is 37.4 Å². The Labute approximate surface area is 131 Å². The highest BCUT2D eigenvalue weighted by Gasteiger charge is 2.08. The van der Waals surface area contributed by atoms with Crippen LogP contribution in [0.25, 0.3) is 0 Å². The topological polar surface area (TPSA) is 58.2 Å². The number of aryl methyl sites for hydroxylation is 1. The summed E-state index contributed by atoms with van der Waals surface area (Å²) in [5, 5.41) is 5.35. The number of hydrogen-bond acceptors (Lipinski definition) is 2. The number of rotatable bonds is 3. The third kappa shape index (κ3) is 3.70. The molecule has 2 amide bonds. The molecule has 0 unspecified atom stereocenters. The Morgan fingerprint density at radius 2 is 1.57 bits per heavy atom. The fraction of sp³-hybridized carbons (Fsp3) is 0.125. The highest BCUT2D eigenvalue weighted by atomic mass is 79.9. The zero-order valence-electron chi connectivity index (χ0n) is 11.7. The molecule has 0 aromatic heterocycles. The van der Waals surface area contributed by atoms with Crippen LogP contribution in [0.3, 0.4) is 0 Å². The van der Waals surface area contributed by atoms with Crippen molar-refractivity contribution in [2.24, 2.45) is 0 Å². The zero-order chi connectivity index (χ0) is 15.4. The van der Waals surface area contributed by atoms with Crippen LogP contribution in [0.15, 0.2) is 46.9 Å². The average Bonchev–Trinajstić information content (AvgIpc) is 2.50. The molecule has 0 atom stereocenters. The predicted octanol–water partition coefficient (Wildman–Crippen LogP) is 3.37. The van der Waals surface area contributed by atoms with Gasteiger partial charge in [0.05, 0.1) is 0 Å². The number of anilines is 1. The molecule has 0 spiro atoms. The van der Waals surface area contributed by atoms with Crippen LogP contribution in [0.4, 0.5) is 5.69 Å². The molecule has 0 saturated carbocycles. The maximum Gasteiger partial charge on any atom is 0.255 e.